The Balaban J connectivity index is 2.00. The molecule has 0 saturated heterocycles. The monoisotopic (exact) mass is 274 g/mol. The highest BCUT2D eigenvalue weighted by atomic mass is 19.4. The third-order valence-corrected chi connectivity index (χ3v) is 4.00. The zero-order chi connectivity index (χ0) is 14.0. The number of rotatable bonds is 3. The molecule has 0 heterocycles. The van der Waals surface area contributed by atoms with Gasteiger partial charge in [0.2, 0.25) is 5.91 Å². The molecule has 2 saturated carbocycles. The summed E-state index contributed by atoms with van der Waals surface area (Å²) in [7, 11) is 0. The molecule has 2 aliphatic rings. The highest BCUT2D eigenvalue weighted by Crippen LogP contribution is 2.41. The van der Waals surface area contributed by atoms with Gasteiger partial charge in [0.15, 0.2) is 0 Å². The predicted molar refractivity (Wildman–Crippen MR) is 61.9 cm³/mol. The van der Waals surface area contributed by atoms with Crippen molar-refractivity contribution in [3.63, 3.8) is 0 Å². The van der Waals surface area contributed by atoms with E-state index in [0.717, 1.165) is 12.8 Å². The lowest BCUT2D eigenvalue weighted by molar-refractivity contribution is -0.187. The van der Waals surface area contributed by atoms with Crippen molar-refractivity contribution in [3.8, 4) is 6.07 Å². The first kappa shape index (κ1) is 14.2. The summed E-state index contributed by atoms with van der Waals surface area (Å²) in [5, 5.41) is 8.72. The van der Waals surface area contributed by atoms with E-state index in [0.29, 0.717) is 12.8 Å². The summed E-state index contributed by atoms with van der Waals surface area (Å²) >= 11 is 0. The maximum absolute atomic E-state index is 12.7. The lowest BCUT2D eigenvalue weighted by Crippen LogP contribution is -2.41. The van der Waals surface area contributed by atoms with E-state index in [1.807, 2.05) is 6.07 Å². The SMILES string of the molecule is N#CCN(C(=O)C1CCCC(C(F)(F)F)C1)C1CC1. The van der Waals surface area contributed by atoms with Crippen LogP contribution in [0, 0.1) is 23.2 Å². The molecule has 1 amide bonds. The minimum Gasteiger partial charge on any atom is -0.326 e. The number of hydrogen-bond donors (Lipinski definition) is 0. The van der Waals surface area contributed by atoms with Gasteiger partial charge in [0.05, 0.1) is 12.0 Å². The van der Waals surface area contributed by atoms with Crippen LogP contribution in [0.4, 0.5) is 13.2 Å². The van der Waals surface area contributed by atoms with Crippen molar-refractivity contribution in [1.29, 1.82) is 5.26 Å². The van der Waals surface area contributed by atoms with E-state index in [1.54, 1.807) is 0 Å². The number of hydrogen-bond acceptors (Lipinski definition) is 2. The number of amides is 1. The molecule has 0 radical (unpaired) electrons. The molecule has 0 aromatic rings. The maximum atomic E-state index is 12.7. The van der Waals surface area contributed by atoms with Crippen molar-refractivity contribution in [2.24, 2.45) is 11.8 Å². The van der Waals surface area contributed by atoms with Gasteiger partial charge in [0.25, 0.3) is 0 Å². The van der Waals surface area contributed by atoms with Crippen LogP contribution in [-0.4, -0.2) is 29.6 Å². The summed E-state index contributed by atoms with van der Waals surface area (Å²) in [6, 6.07) is 2.02. The van der Waals surface area contributed by atoms with E-state index in [9.17, 15) is 18.0 Å². The van der Waals surface area contributed by atoms with E-state index < -0.39 is 18.0 Å². The Kier molecular flexibility index (Phi) is 4.02. The Morgan fingerprint density at radius 3 is 2.47 bits per heavy atom. The fraction of sp³-hybridized carbons (Fsp3) is 0.846. The van der Waals surface area contributed by atoms with Crippen LogP contribution in [0.3, 0.4) is 0 Å². The van der Waals surface area contributed by atoms with Crippen LogP contribution in [-0.2, 0) is 4.79 Å². The second-order valence-electron chi connectivity index (χ2n) is 5.46. The van der Waals surface area contributed by atoms with Crippen LogP contribution in [0.15, 0.2) is 0 Å². The molecule has 6 heteroatoms. The van der Waals surface area contributed by atoms with Gasteiger partial charge in [-0.15, -0.1) is 0 Å². The second kappa shape index (κ2) is 5.40. The lowest BCUT2D eigenvalue weighted by atomic mass is 9.80. The van der Waals surface area contributed by atoms with Gasteiger partial charge in [-0.25, -0.2) is 0 Å². The number of nitrogens with zero attached hydrogens (tertiary/aromatic N) is 2. The Morgan fingerprint density at radius 2 is 1.95 bits per heavy atom. The third-order valence-electron chi connectivity index (χ3n) is 4.00. The Morgan fingerprint density at radius 1 is 1.26 bits per heavy atom. The van der Waals surface area contributed by atoms with Gasteiger partial charge in [-0.1, -0.05) is 6.42 Å². The molecular weight excluding hydrogens is 257 g/mol. The minimum atomic E-state index is -4.21. The molecule has 2 aliphatic carbocycles. The van der Waals surface area contributed by atoms with Crippen LogP contribution in [0.5, 0.6) is 0 Å². The smallest absolute Gasteiger partial charge is 0.326 e. The average Bonchev–Trinajstić information content (AvgIpc) is 3.18. The van der Waals surface area contributed by atoms with Crippen molar-refractivity contribution in [2.75, 3.05) is 6.54 Å². The Labute approximate surface area is 110 Å². The van der Waals surface area contributed by atoms with E-state index >= 15 is 0 Å². The molecule has 0 N–H and O–H groups in total. The van der Waals surface area contributed by atoms with E-state index in [2.05, 4.69) is 0 Å². The average molecular weight is 274 g/mol. The van der Waals surface area contributed by atoms with E-state index in [4.69, 9.17) is 5.26 Å². The Bertz CT molecular complexity index is 384. The van der Waals surface area contributed by atoms with Gasteiger partial charge in [0.1, 0.15) is 6.54 Å². The van der Waals surface area contributed by atoms with Crippen LogP contribution in [0.2, 0.25) is 0 Å². The van der Waals surface area contributed by atoms with Crippen LogP contribution in [0.25, 0.3) is 0 Å². The summed E-state index contributed by atoms with van der Waals surface area (Å²) in [6.45, 7) is -0.00329. The predicted octanol–water partition coefficient (Wildman–Crippen LogP) is 2.87. The van der Waals surface area contributed by atoms with Gasteiger partial charge in [-0.3, -0.25) is 4.79 Å². The highest BCUT2D eigenvalue weighted by Gasteiger charge is 2.45. The topological polar surface area (TPSA) is 44.1 Å². The normalized spacial score (nSPS) is 27.7. The number of halogens is 3. The number of carbonyl (C=O) groups is 1. The van der Waals surface area contributed by atoms with E-state index in [-0.39, 0.29) is 31.3 Å². The quantitative estimate of drug-likeness (QED) is 0.743. The molecule has 0 aromatic carbocycles. The zero-order valence-corrected chi connectivity index (χ0v) is 10.6. The molecule has 0 bridgehead atoms. The molecule has 3 nitrogen and oxygen atoms in total. The Hall–Kier alpha value is -1.25. The first-order valence-electron chi connectivity index (χ1n) is 6.67. The van der Waals surface area contributed by atoms with Crippen molar-refractivity contribution in [3.05, 3.63) is 0 Å². The fourth-order valence-corrected chi connectivity index (χ4v) is 2.80. The van der Waals surface area contributed by atoms with Crippen LogP contribution in [0.1, 0.15) is 38.5 Å². The fourth-order valence-electron chi connectivity index (χ4n) is 2.80. The molecule has 0 aromatic heterocycles. The first-order chi connectivity index (χ1) is 8.93. The summed E-state index contributed by atoms with van der Waals surface area (Å²) < 4.78 is 38.2. The standard InChI is InChI=1S/C13H17F3N2O/c14-13(15,16)10-3-1-2-9(8-10)12(19)18(7-6-17)11-4-5-11/h9-11H,1-5,7-8H2. The third kappa shape index (κ3) is 3.40. The van der Waals surface area contributed by atoms with Gasteiger partial charge in [-0.2, -0.15) is 18.4 Å². The van der Waals surface area contributed by atoms with Crippen LogP contribution >= 0.6 is 0 Å². The summed E-state index contributed by atoms with van der Waals surface area (Å²) in [5.74, 6) is -2.18. The second-order valence-corrected chi connectivity index (χ2v) is 5.46. The summed E-state index contributed by atoms with van der Waals surface area (Å²) in [5.41, 5.74) is 0. The molecular formula is C13H17F3N2O. The van der Waals surface area contributed by atoms with Gasteiger partial charge in [0, 0.05) is 12.0 Å². The molecule has 2 fully saturated rings. The number of alkyl halides is 3. The number of nitriles is 1. The molecule has 2 atom stereocenters. The minimum absolute atomic E-state index is 0.00329. The molecule has 19 heavy (non-hydrogen) atoms. The van der Waals surface area contributed by atoms with Gasteiger partial charge < -0.3 is 4.90 Å². The summed E-state index contributed by atoms with van der Waals surface area (Å²) in [6.07, 6.45) is -1.53. The number of carbonyl (C=O) groups excluding carboxylic acids is 1. The lowest BCUT2D eigenvalue weighted by Gasteiger charge is -2.32. The van der Waals surface area contributed by atoms with Crippen molar-refractivity contribution >= 4 is 5.91 Å². The first-order valence-corrected chi connectivity index (χ1v) is 6.67. The largest absolute Gasteiger partial charge is 0.391 e. The van der Waals surface area contributed by atoms with Gasteiger partial charge in [-0.05, 0) is 32.1 Å². The molecule has 0 aliphatic heterocycles. The molecule has 0 spiro atoms. The van der Waals surface area contributed by atoms with Crippen LogP contribution < -0.4 is 0 Å². The zero-order valence-electron chi connectivity index (χ0n) is 10.6. The van der Waals surface area contributed by atoms with E-state index in [1.165, 1.54) is 4.90 Å². The molecule has 106 valence electrons. The van der Waals surface area contributed by atoms with Crippen molar-refractivity contribution in [2.45, 2.75) is 50.7 Å². The van der Waals surface area contributed by atoms with Gasteiger partial charge >= 0.3 is 6.18 Å². The maximum Gasteiger partial charge on any atom is 0.391 e. The van der Waals surface area contributed by atoms with Crippen molar-refractivity contribution in [1.82, 2.24) is 4.90 Å². The highest BCUT2D eigenvalue weighted by molar-refractivity contribution is 5.79. The molecule has 2 unspecified atom stereocenters. The summed E-state index contributed by atoms with van der Waals surface area (Å²) in [4.78, 5) is 13.7. The molecule has 2 rings (SSSR count). The van der Waals surface area contributed by atoms with Crippen molar-refractivity contribution < 1.29 is 18.0 Å².